The zero-order valence-corrected chi connectivity index (χ0v) is 12.7. The molecule has 0 fully saturated rings. The standard InChI is InChI=1S/C15H14Cl3N/c1-19-15(6-10-2-4-12(16)5-3-10)11-7-13(17)9-14(18)8-11/h2-5,7-9,15,19H,6H2,1H3. The summed E-state index contributed by atoms with van der Waals surface area (Å²) in [7, 11) is 1.93. The van der Waals surface area contributed by atoms with E-state index in [-0.39, 0.29) is 6.04 Å². The first-order valence-corrected chi connectivity index (χ1v) is 7.09. The zero-order valence-electron chi connectivity index (χ0n) is 10.5. The van der Waals surface area contributed by atoms with E-state index in [1.54, 1.807) is 6.07 Å². The van der Waals surface area contributed by atoms with Gasteiger partial charge in [-0.25, -0.2) is 0 Å². The highest BCUT2D eigenvalue weighted by Crippen LogP contribution is 2.26. The molecule has 0 aliphatic carbocycles. The van der Waals surface area contributed by atoms with Gasteiger partial charge < -0.3 is 5.32 Å². The molecule has 0 radical (unpaired) electrons. The van der Waals surface area contributed by atoms with Gasteiger partial charge in [0.2, 0.25) is 0 Å². The molecule has 1 unspecified atom stereocenters. The molecule has 0 amide bonds. The molecule has 4 heteroatoms. The molecule has 1 nitrogen and oxygen atoms in total. The number of hydrogen-bond acceptors (Lipinski definition) is 1. The fourth-order valence-corrected chi connectivity index (χ4v) is 2.69. The smallest absolute Gasteiger partial charge is 0.0424 e. The number of likely N-dealkylation sites (N-methyl/N-ethyl adjacent to an activating group) is 1. The fourth-order valence-electron chi connectivity index (χ4n) is 2.02. The van der Waals surface area contributed by atoms with Crippen LogP contribution in [0.2, 0.25) is 15.1 Å². The van der Waals surface area contributed by atoms with E-state index in [9.17, 15) is 0 Å². The van der Waals surface area contributed by atoms with Gasteiger partial charge in [-0.15, -0.1) is 0 Å². The van der Waals surface area contributed by atoms with Crippen molar-refractivity contribution in [2.24, 2.45) is 0 Å². The van der Waals surface area contributed by atoms with Gasteiger partial charge in [-0.2, -0.15) is 0 Å². The lowest BCUT2D eigenvalue weighted by Crippen LogP contribution is -2.18. The van der Waals surface area contributed by atoms with Crippen LogP contribution >= 0.6 is 34.8 Å². The second-order valence-corrected chi connectivity index (χ2v) is 5.68. The van der Waals surface area contributed by atoms with E-state index < -0.39 is 0 Å². The van der Waals surface area contributed by atoms with E-state index in [2.05, 4.69) is 5.32 Å². The Morgan fingerprint density at radius 1 is 0.895 bits per heavy atom. The Hall–Kier alpha value is -0.730. The van der Waals surface area contributed by atoms with Gasteiger partial charge in [0.25, 0.3) is 0 Å². The summed E-state index contributed by atoms with van der Waals surface area (Å²) in [4.78, 5) is 0. The summed E-state index contributed by atoms with van der Waals surface area (Å²) in [6, 6.07) is 13.6. The van der Waals surface area contributed by atoms with Crippen LogP contribution in [0.1, 0.15) is 17.2 Å². The first-order valence-electron chi connectivity index (χ1n) is 5.96. The van der Waals surface area contributed by atoms with Crippen LogP contribution in [0.3, 0.4) is 0 Å². The van der Waals surface area contributed by atoms with Gasteiger partial charge in [-0.05, 0) is 54.9 Å². The summed E-state index contributed by atoms with van der Waals surface area (Å²) in [6.07, 6.45) is 0.852. The molecule has 0 saturated heterocycles. The van der Waals surface area contributed by atoms with E-state index >= 15 is 0 Å². The molecule has 100 valence electrons. The van der Waals surface area contributed by atoms with E-state index in [0.717, 1.165) is 17.0 Å². The minimum Gasteiger partial charge on any atom is -0.313 e. The van der Waals surface area contributed by atoms with Gasteiger partial charge in [0, 0.05) is 21.1 Å². The number of nitrogens with one attached hydrogen (secondary N) is 1. The lowest BCUT2D eigenvalue weighted by molar-refractivity contribution is 0.592. The van der Waals surface area contributed by atoms with Crippen LogP contribution in [0.5, 0.6) is 0 Å². The molecule has 19 heavy (non-hydrogen) atoms. The largest absolute Gasteiger partial charge is 0.313 e. The van der Waals surface area contributed by atoms with Crippen molar-refractivity contribution in [3.05, 3.63) is 68.7 Å². The van der Waals surface area contributed by atoms with Crippen molar-refractivity contribution in [2.45, 2.75) is 12.5 Å². The van der Waals surface area contributed by atoms with Gasteiger partial charge in [0.15, 0.2) is 0 Å². The van der Waals surface area contributed by atoms with Crippen LogP contribution in [0, 0.1) is 0 Å². The van der Waals surface area contributed by atoms with Gasteiger partial charge in [-0.3, -0.25) is 0 Å². The molecule has 0 saturated carbocycles. The Labute approximate surface area is 128 Å². The number of benzene rings is 2. The predicted octanol–water partition coefficient (Wildman–Crippen LogP) is 5.15. The van der Waals surface area contributed by atoms with Crippen molar-refractivity contribution in [3.8, 4) is 0 Å². The second kappa shape index (κ2) is 6.62. The fraction of sp³-hybridized carbons (Fsp3) is 0.200. The SMILES string of the molecule is CNC(Cc1ccc(Cl)cc1)c1cc(Cl)cc(Cl)c1. The molecule has 1 atom stereocenters. The highest BCUT2D eigenvalue weighted by atomic mass is 35.5. The molecule has 0 aliphatic heterocycles. The summed E-state index contributed by atoms with van der Waals surface area (Å²) in [5.74, 6) is 0. The summed E-state index contributed by atoms with van der Waals surface area (Å²) >= 11 is 18.0. The van der Waals surface area contributed by atoms with Crippen molar-refractivity contribution in [2.75, 3.05) is 7.05 Å². The predicted molar refractivity (Wildman–Crippen MR) is 83.4 cm³/mol. The highest BCUT2D eigenvalue weighted by Gasteiger charge is 2.11. The zero-order chi connectivity index (χ0) is 13.8. The van der Waals surface area contributed by atoms with Gasteiger partial charge >= 0.3 is 0 Å². The van der Waals surface area contributed by atoms with Gasteiger partial charge in [0.05, 0.1) is 0 Å². The molecular weight excluding hydrogens is 301 g/mol. The van der Waals surface area contributed by atoms with Crippen molar-refractivity contribution in [3.63, 3.8) is 0 Å². The Kier molecular flexibility index (Phi) is 5.12. The average Bonchev–Trinajstić information content (AvgIpc) is 2.37. The minimum absolute atomic E-state index is 0.164. The maximum Gasteiger partial charge on any atom is 0.0424 e. The van der Waals surface area contributed by atoms with Crippen molar-refractivity contribution in [1.82, 2.24) is 5.32 Å². The van der Waals surface area contributed by atoms with E-state index in [1.165, 1.54) is 5.56 Å². The molecule has 0 aromatic heterocycles. The highest BCUT2D eigenvalue weighted by molar-refractivity contribution is 6.34. The molecule has 1 N–H and O–H groups in total. The van der Waals surface area contributed by atoms with Crippen LogP contribution in [-0.2, 0) is 6.42 Å². The molecular formula is C15H14Cl3N. The third kappa shape index (κ3) is 4.12. The Morgan fingerprint density at radius 2 is 1.47 bits per heavy atom. The summed E-state index contributed by atoms with van der Waals surface area (Å²) in [6.45, 7) is 0. The van der Waals surface area contributed by atoms with Crippen molar-refractivity contribution >= 4 is 34.8 Å². The number of rotatable bonds is 4. The van der Waals surface area contributed by atoms with Gasteiger partial charge in [0.1, 0.15) is 0 Å². The topological polar surface area (TPSA) is 12.0 Å². The summed E-state index contributed by atoms with van der Waals surface area (Å²) in [5.41, 5.74) is 2.29. The first kappa shape index (κ1) is 14.7. The monoisotopic (exact) mass is 313 g/mol. The van der Waals surface area contributed by atoms with Crippen LogP contribution in [0.4, 0.5) is 0 Å². The summed E-state index contributed by atoms with van der Waals surface area (Å²) in [5, 5.41) is 5.33. The van der Waals surface area contributed by atoms with Crippen LogP contribution in [-0.4, -0.2) is 7.05 Å². The van der Waals surface area contributed by atoms with E-state index in [1.807, 2.05) is 43.4 Å². The quantitative estimate of drug-likeness (QED) is 0.823. The Morgan fingerprint density at radius 3 is 2.00 bits per heavy atom. The minimum atomic E-state index is 0.164. The van der Waals surface area contributed by atoms with Crippen LogP contribution < -0.4 is 5.32 Å². The molecule has 0 bridgehead atoms. The Bertz CT molecular complexity index is 532. The molecule has 2 aromatic rings. The van der Waals surface area contributed by atoms with Crippen molar-refractivity contribution in [1.29, 1.82) is 0 Å². The number of hydrogen-bond donors (Lipinski definition) is 1. The van der Waals surface area contributed by atoms with E-state index in [4.69, 9.17) is 34.8 Å². The van der Waals surface area contributed by atoms with E-state index in [0.29, 0.717) is 10.0 Å². The van der Waals surface area contributed by atoms with Gasteiger partial charge in [-0.1, -0.05) is 46.9 Å². The molecule has 0 aliphatic rings. The average molecular weight is 315 g/mol. The maximum atomic E-state index is 6.05. The Balaban J connectivity index is 2.22. The molecule has 0 heterocycles. The maximum absolute atomic E-state index is 6.05. The first-order chi connectivity index (χ1) is 9.08. The van der Waals surface area contributed by atoms with Crippen LogP contribution in [0.15, 0.2) is 42.5 Å². The molecule has 2 rings (SSSR count). The normalized spacial score (nSPS) is 12.4. The lowest BCUT2D eigenvalue weighted by atomic mass is 9.99. The third-order valence-corrected chi connectivity index (χ3v) is 3.68. The lowest BCUT2D eigenvalue weighted by Gasteiger charge is -2.17. The molecule has 2 aromatic carbocycles. The number of halogens is 3. The second-order valence-electron chi connectivity index (χ2n) is 4.37. The van der Waals surface area contributed by atoms with Crippen molar-refractivity contribution < 1.29 is 0 Å². The van der Waals surface area contributed by atoms with Crippen LogP contribution in [0.25, 0.3) is 0 Å². The third-order valence-electron chi connectivity index (χ3n) is 2.99. The summed E-state index contributed by atoms with van der Waals surface area (Å²) < 4.78 is 0. The molecule has 0 spiro atoms.